The van der Waals surface area contributed by atoms with Gasteiger partial charge in [-0.25, -0.2) is 0 Å². The van der Waals surface area contributed by atoms with Gasteiger partial charge in [0.2, 0.25) is 0 Å². The fourth-order valence-corrected chi connectivity index (χ4v) is 2.88. The molecule has 1 N–H and O–H groups in total. The Morgan fingerprint density at radius 2 is 2.05 bits per heavy atom. The highest BCUT2D eigenvalue weighted by Crippen LogP contribution is 2.28. The van der Waals surface area contributed by atoms with Crippen molar-refractivity contribution in [3.63, 3.8) is 0 Å². The Kier molecular flexibility index (Phi) is 4.44. The largest absolute Gasteiger partial charge is 0.311 e. The summed E-state index contributed by atoms with van der Waals surface area (Å²) in [6.45, 7) is 14.3. The van der Waals surface area contributed by atoms with Crippen molar-refractivity contribution in [3.05, 3.63) is 5.82 Å². The van der Waals surface area contributed by atoms with Crippen LogP contribution in [-0.2, 0) is 13.6 Å². The first-order chi connectivity index (χ1) is 9.27. The second kappa shape index (κ2) is 5.77. The molecule has 0 spiro atoms. The lowest BCUT2D eigenvalue weighted by molar-refractivity contribution is 0.0380. The van der Waals surface area contributed by atoms with Crippen LogP contribution in [0.15, 0.2) is 0 Å². The number of piperazine rings is 1. The Labute approximate surface area is 121 Å². The zero-order chi connectivity index (χ0) is 14.9. The summed E-state index contributed by atoms with van der Waals surface area (Å²) < 4.78 is 0. The molecule has 1 aliphatic heterocycles. The molecule has 1 fully saturated rings. The zero-order valence-electron chi connectivity index (χ0n) is 13.6. The van der Waals surface area contributed by atoms with Gasteiger partial charge >= 0.3 is 0 Å². The highest BCUT2D eigenvalue weighted by Gasteiger charge is 2.36. The number of nitrogens with zero attached hydrogens (tertiary/aromatic N) is 5. The van der Waals surface area contributed by atoms with E-state index < -0.39 is 0 Å². The quantitative estimate of drug-likeness (QED) is 0.897. The van der Waals surface area contributed by atoms with E-state index in [4.69, 9.17) is 0 Å². The van der Waals surface area contributed by atoms with Gasteiger partial charge in [0.15, 0.2) is 5.82 Å². The molecule has 1 saturated heterocycles. The van der Waals surface area contributed by atoms with E-state index in [1.54, 1.807) is 0 Å². The molecule has 2 rings (SSSR count). The van der Waals surface area contributed by atoms with Gasteiger partial charge in [0.05, 0.1) is 13.6 Å². The second-order valence-electron chi connectivity index (χ2n) is 7.27. The molecular weight excluding hydrogens is 252 g/mol. The van der Waals surface area contributed by atoms with Gasteiger partial charge in [0.1, 0.15) is 0 Å². The number of aromatic nitrogens is 4. The third kappa shape index (κ3) is 3.55. The van der Waals surface area contributed by atoms with E-state index in [-0.39, 0.29) is 5.41 Å². The van der Waals surface area contributed by atoms with E-state index in [1.165, 1.54) is 4.80 Å². The molecular formula is C14H28N6. The van der Waals surface area contributed by atoms with Crippen LogP contribution < -0.4 is 5.32 Å². The molecule has 6 nitrogen and oxygen atoms in total. The number of nitrogens with one attached hydrogen (secondary N) is 1. The lowest BCUT2D eigenvalue weighted by Gasteiger charge is -2.47. The van der Waals surface area contributed by atoms with Crippen molar-refractivity contribution in [2.45, 2.75) is 53.2 Å². The number of hydrogen-bond donors (Lipinski definition) is 1. The first kappa shape index (κ1) is 15.4. The highest BCUT2D eigenvalue weighted by molar-refractivity contribution is 4.95. The molecule has 0 aliphatic carbocycles. The van der Waals surface area contributed by atoms with Crippen LogP contribution in [0.4, 0.5) is 0 Å². The fourth-order valence-electron chi connectivity index (χ4n) is 2.88. The van der Waals surface area contributed by atoms with Gasteiger partial charge in [-0.2, -0.15) is 4.80 Å². The minimum absolute atomic E-state index is 0.233. The van der Waals surface area contributed by atoms with Crippen molar-refractivity contribution in [2.75, 3.05) is 13.1 Å². The third-order valence-electron chi connectivity index (χ3n) is 4.14. The average Bonchev–Trinajstić information content (AvgIpc) is 2.73. The predicted molar refractivity (Wildman–Crippen MR) is 79.1 cm³/mol. The molecule has 1 aliphatic rings. The predicted octanol–water partition coefficient (Wildman–Crippen LogP) is 1.05. The summed E-state index contributed by atoms with van der Waals surface area (Å²) in [4.78, 5) is 4.04. The molecule has 0 saturated carbocycles. The zero-order valence-corrected chi connectivity index (χ0v) is 13.6. The summed E-state index contributed by atoms with van der Waals surface area (Å²) in [6, 6.07) is 1.02. The first-order valence-electron chi connectivity index (χ1n) is 7.47. The monoisotopic (exact) mass is 280 g/mol. The van der Waals surface area contributed by atoms with Gasteiger partial charge in [0.25, 0.3) is 0 Å². The van der Waals surface area contributed by atoms with Gasteiger partial charge < -0.3 is 5.32 Å². The number of aryl methyl sites for hydroxylation is 1. The van der Waals surface area contributed by atoms with E-state index in [0.717, 1.165) is 25.5 Å². The normalized spacial score (nSPS) is 25.4. The summed E-state index contributed by atoms with van der Waals surface area (Å²) >= 11 is 0. The molecule has 0 radical (unpaired) electrons. The average molecular weight is 280 g/mol. The number of rotatable bonds is 3. The SMILES string of the molecule is CC(C)C1CN(Cc2nnn(C)n2)C(C(C)(C)C)CN1. The van der Waals surface area contributed by atoms with E-state index in [1.807, 2.05) is 7.05 Å². The Balaban J connectivity index is 2.13. The Hall–Kier alpha value is -1.01. The molecule has 20 heavy (non-hydrogen) atoms. The first-order valence-corrected chi connectivity index (χ1v) is 7.47. The number of hydrogen-bond acceptors (Lipinski definition) is 5. The Bertz CT molecular complexity index is 433. The Morgan fingerprint density at radius 3 is 2.55 bits per heavy atom. The van der Waals surface area contributed by atoms with E-state index in [0.29, 0.717) is 18.0 Å². The van der Waals surface area contributed by atoms with E-state index >= 15 is 0 Å². The smallest absolute Gasteiger partial charge is 0.188 e. The summed E-state index contributed by atoms with van der Waals surface area (Å²) in [6.07, 6.45) is 0. The summed E-state index contributed by atoms with van der Waals surface area (Å²) in [7, 11) is 1.81. The molecule has 0 bridgehead atoms. The minimum Gasteiger partial charge on any atom is -0.311 e. The van der Waals surface area contributed by atoms with Crippen molar-refractivity contribution < 1.29 is 0 Å². The topological polar surface area (TPSA) is 58.9 Å². The van der Waals surface area contributed by atoms with Crippen LogP contribution in [0.5, 0.6) is 0 Å². The minimum atomic E-state index is 0.233. The summed E-state index contributed by atoms with van der Waals surface area (Å²) in [5.74, 6) is 1.44. The molecule has 6 heteroatoms. The maximum Gasteiger partial charge on any atom is 0.188 e. The van der Waals surface area contributed by atoms with Crippen LogP contribution >= 0.6 is 0 Å². The van der Waals surface area contributed by atoms with Crippen molar-refractivity contribution in [1.29, 1.82) is 0 Å². The molecule has 0 aromatic carbocycles. The molecule has 2 atom stereocenters. The Morgan fingerprint density at radius 1 is 1.35 bits per heavy atom. The van der Waals surface area contributed by atoms with Crippen LogP contribution in [0.1, 0.15) is 40.4 Å². The summed E-state index contributed by atoms with van der Waals surface area (Å²) in [5.41, 5.74) is 0.233. The maximum atomic E-state index is 4.32. The third-order valence-corrected chi connectivity index (χ3v) is 4.14. The van der Waals surface area contributed by atoms with E-state index in [2.05, 4.69) is 60.2 Å². The molecule has 2 unspecified atom stereocenters. The van der Waals surface area contributed by atoms with Gasteiger partial charge in [-0.1, -0.05) is 34.6 Å². The van der Waals surface area contributed by atoms with Gasteiger partial charge in [0, 0.05) is 25.2 Å². The van der Waals surface area contributed by atoms with Crippen LogP contribution in [0.25, 0.3) is 0 Å². The van der Waals surface area contributed by atoms with Crippen molar-refractivity contribution in [2.24, 2.45) is 18.4 Å². The fraction of sp³-hybridized carbons (Fsp3) is 0.929. The van der Waals surface area contributed by atoms with Gasteiger partial charge in [-0.15, -0.1) is 10.2 Å². The van der Waals surface area contributed by atoms with Crippen LogP contribution in [0, 0.1) is 11.3 Å². The van der Waals surface area contributed by atoms with Crippen LogP contribution in [0.3, 0.4) is 0 Å². The summed E-state index contributed by atoms with van der Waals surface area (Å²) in [5, 5.41) is 16.1. The lowest BCUT2D eigenvalue weighted by atomic mass is 9.83. The van der Waals surface area contributed by atoms with Crippen molar-refractivity contribution >= 4 is 0 Å². The lowest BCUT2D eigenvalue weighted by Crippen LogP contribution is -2.61. The standard InChI is InChI=1S/C14H28N6/c1-10(2)11-8-20(9-13-16-18-19(6)17-13)12(7-15-11)14(3,4)5/h10-12,15H,7-9H2,1-6H3. The van der Waals surface area contributed by atoms with Crippen LogP contribution in [-0.4, -0.2) is 50.3 Å². The van der Waals surface area contributed by atoms with Crippen LogP contribution in [0.2, 0.25) is 0 Å². The second-order valence-corrected chi connectivity index (χ2v) is 7.27. The van der Waals surface area contributed by atoms with Crippen molar-refractivity contribution in [1.82, 2.24) is 30.4 Å². The molecule has 114 valence electrons. The maximum absolute atomic E-state index is 4.32. The van der Waals surface area contributed by atoms with E-state index in [9.17, 15) is 0 Å². The highest BCUT2D eigenvalue weighted by atomic mass is 15.6. The van der Waals surface area contributed by atoms with Gasteiger partial charge in [-0.3, -0.25) is 4.90 Å². The van der Waals surface area contributed by atoms with Crippen molar-refractivity contribution in [3.8, 4) is 0 Å². The van der Waals surface area contributed by atoms with Gasteiger partial charge in [-0.05, 0) is 16.5 Å². The molecule has 2 heterocycles. The molecule has 0 amide bonds. The molecule has 1 aromatic heterocycles. The molecule has 1 aromatic rings. The number of tetrazole rings is 1.